The molecule has 0 atom stereocenters. The van der Waals surface area contributed by atoms with Gasteiger partial charge in [0.25, 0.3) is 0 Å². The van der Waals surface area contributed by atoms with Gasteiger partial charge in [-0.25, -0.2) is 0 Å². The van der Waals surface area contributed by atoms with Gasteiger partial charge in [0.2, 0.25) is 0 Å². The van der Waals surface area contributed by atoms with Gasteiger partial charge in [0.1, 0.15) is 10.5 Å². The van der Waals surface area contributed by atoms with Gasteiger partial charge < -0.3 is 13.9 Å². The van der Waals surface area contributed by atoms with Gasteiger partial charge >= 0.3 is 0 Å². The predicted octanol–water partition coefficient (Wildman–Crippen LogP) is -1.05. The minimum absolute atomic E-state index is 0.668. The van der Waals surface area contributed by atoms with Gasteiger partial charge in [0.05, 0.1) is 26.4 Å². The quantitative estimate of drug-likeness (QED) is 0.357. The van der Waals surface area contributed by atoms with Crippen LogP contribution in [0.15, 0.2) is 0 Å². The van der Waals surface area contributed by atoms with Gasteiger partial charge in [-0.3, -0.25) is 0 Å². The Hall–Kier alpha value is 0.0969. The molecule has 0 aliphatic carbocycles. The van der Waals surface area contributed by atoms with Crippen LogP contribution in [0.2, 0.25) is 0 Å². The van der Waals surface area contributed by atoms with Gasteiger partial charge in [-0.1, -0.05) is 0 Å². The van der Waals surface area contributed by atoms with Crippen LogP contribution in [0.4, 0.5) is 0 Å². The molecule has 0 heterocycles. The number of methoxy groups -OCH3 is 1. The first-order chi connectivity index (χ1) is 4.41. The van der Waals surface area contributed by atoms with E-state index >= 15 is 0 Å². The molecular weight excluding hydrogens is 136 g/mol. The van der Waals surface area contributed by atoms with E-state index in [1.165, 1.54) is 0 Å². The third-order valence-electron chi connectivity index (χ3n) is 0.864. The van der Waals surface area contributed by atoms with Gasteiger partial charge in [-0.2, -0.15) is 0 Å². The highest BCUT2D eigenvalue weighted by Crippen LogP contribution is 1.75. The Bertz CT molecular complexity index is 45.5. The van der Waals surface area contributed by atoms with Crippen LogP contribution < -0.4 is 0 Å². The second kappa shape index (κ2) is 8.10. The molecule has 9 heavy (non-hydrogen) atoms. The molecule has 0 rings (SSSR count). The zero-order valence-electron chi connectivity index (χ0n) is 6.05. The van der Waals surface area contributed by atoms with E-state index in [-0.39, 0.29) is 0 Å². The molecule has 0 aliphatic heterocycles. The molecule has 3 nitrogen and oxygen atoms in total. The molecule has 0 saturated carbocycles. The van der Waals surface area contributed by atoms with Crippen molar-refractivity contribution in [2.24, 2.45) is 0 Å². The molecule has 0 N–H and O–H groups in total. The minimum atomic E-state index is 0.668. The lowest BCUT2D eigenvalue weighted by atomic mass is 10.7. The van der Waals surface area contributed by atoms with Crippen molar-refractivity contribution in [3.63, 3.8) is 0 Å². The second-order valence-corrected chi connectivity index (χ2v) is 2.18. The third-order valence-corrected chi connectivity index (χ3v) is 1.27. The van der Waals surface area contributed by atoms with Crippen molar-refractivity contribution < 1.29 is 13.9 Å². The molecule has 0 aromatic heterocycles. The molecule has 0 saturated heterocycles. The van der Waals surface area contributed by atoms with Gasteiger partial charge in [0, 0.05) is 7.11 Å². The minimum Gasteiger partial charge on any atom is -0.426 e. The van der Waals surface area contributed by atoms with E-state index in [1.54, 1.807) is 7.11 Å². The molecule has 0 amide bonds. The normalized spacial score (nSPS) is 10.3. The van der Waals surface area contributed by atoms with Crippen molar-refractivity contribution in [3.05, 3.63) is 0 Å². The maximum atomic E-state index is 5.09. The molecule has 0 aromatic carbocycles. The monoisotopic (exact) mass is 150 g/mol. The van der Waals surface area contributed by atoms with Crippen molar-refractivity contribution in [3.8, 4) is 0 Å². The number of hydrogen-bond donors (Lipinski definition) is 0. The van der Waals surface area contributed by atoms with E-state index in [1.807, 2.05) is 0 Å². The van der Waals surface area contributed by atoms with Crippen LogP contribution in [0.5, 0.6) is 0 Å². The summed E-state index contributed by atoms with van der Waals surface area (Å²) in [6.45, 7) is 2.74. The summed E-state index contributed by atoms with van der Waals surface area (Å²) in [6, 6.07) is 0. The zero-order chi connectivity index (χ0) is 6.95. The lowest BCUT2D eigenvalue weighted by molar-refractivity contribution is 0.0558. The topological polar surface area (TPSA) is 27.7 Å². The smallest absolute Gasteiger partial charge is 0.146 e. The van der Waals surface area contributed by atoms with Crippen LogP contribution in [0.25, 0.3) is 0 Å². The Morgan fingerprint density at radius 2 is 1.78 bits per heavy atom. The first-order valence-corrected chi connectivity index (χ1v) is 3.79. The Morgan fingerprint density at radius 3 is 2.33 bits per heavy atom. The van der Waals surface area contributed by atoms with Crippen LogP contribution in [0.3, 0.4) is 0 Å². The Kier molecular flexibility index (Phi) is 8.18. The van der Waals surface area contributed by atoms with E-state index in [9.17, 15) is 0 Å². The summed E-state index contributed by atoms with van der Waals surface area (Å²) < 4.78 is 14.7. The fourth-order valence-electron chi connectivity index (χ4n) is 0.387. The van der Waals surface area contributed by atoms with Gasteiger partial charge in [-0.15, -0.1) is 0 Å². The molecule has 0 bridgehead atoms. The van der Waals surface area contributed by atoms with Crippen LogP contribution in [-0.4, -0.2) is 44.0 Å². The van der Waals surface area contributed by atoms with E-state index in [0.29, 0.717) is 19.8 Å². The number of rotatable bonds is 6. The standard InChI is InChI=1S/C5H14O3Si/c1-6-2-3-7-4-5-8-9/h2-5H2,1,9H3. The van der Waals surface area contributed by atoms with Gasteiger partial charge in [-0.05, 0) is 0 Å². The van der Waals surface area contributed by atoms with Gasteiger partial charge in [0.15, 0.2) is 0 Å². The molecule has 56 valence electrons. The summed E-state index contributed by atoms with van der Waals surface area (Å²) in [6.07, 6.45) is 0. The first kappa shape index (κ1) is 9.10. The largest absolute Gasteiger partial charge is 0.426 e. The van der Waals surface area contributed by atoms with Crippen LogP contribution in [0, 0.1) is 0 Å². The Balaban J connectivity index is 2.60. The number of ether oxygens (including phenoxy) is 2. The average molecular weight is 150 g/mol. The molecule has 0 radical (unpaired) electrons. The first-order valence-electron chi connectivity index (χ1n) is 2.97. The number of hydrogen-bond acceptors (Lipinski definition) is 3. The maximum absolute atomic E-state index is 5.09. The fourth-order valence-corrected chi connectivity index (χ4v) is 0.553. The highest BCUT2D eigenvalue weighted by Gasteiger charge is 1.84. The predicted molar refractivity (Wildman–Crippen MR) is 38.6 cm³/mol. The van der Waals surface area contributed by atoms with Crippen molar-refractivity contribution in [2.75, 3.05) is 33.5 Å². The summed E-state index contributed by atoms with van der Waals surface area (Å²) in [5.41, 5.74) is 0. The van der Waals surface area contributed by atoms with Crippen molar-refractivity contribution in [1.29, 1.82) is 0 Å². The van der Waals surface area contributed by atoms with Crippen LogP contribution in [-0.2, 0) is 13.9 Å². The van der Waals surface area contributed by atoms with Crippen LogP contribution >= 0.6 is 0 Å². The molecule has 0 spiro atoms. The summed E-state index contributed by atoms with van der Waals surface area (Å²) in [7, 11) is 2.46. The highest BCUT2D eigenvalue weighted by atomic mass is 28.2. The fraction of sp³-hybridized carbons (Fsp3) is 1.00. The van der Waals surface area contributed by atoms with Crippen molar-refractivity contribution in [1.82, 2.24) is 0 Å². The van der Waals surface area contributed by atoms with E-state index in [2.05, 4.69) is 0 Å². The van der Waals surface area contributed by atoms with E-state index in [0.717, 1.165) is 17.1 Å². The Labute approximate surface area is 58.8 Å². The highest BCUT2D eigenvalue weighted by molar-refractivity contribution is 5.97. The third kappa shape index (κ3) is 8.10. The average Bonchev–Trinajstić information content (AvgIpc) is 1.89. The molecule has 4 heteroatoms. The molecule has 0 unspecified atom stereocenters. The molecule has 0 aliphatic rings. The zero-order valence-corrected chi connectivity index (χ0v) is 8.05. The second-order valence-electron chi connectivity index (χ2n) is 1.60. The van der Waals surface area contributed by atoms with E-state index < -0.39 is 0 Å². The summed E-state index contributed by atoms with van der Waals surface area (Å²) in [5, 5.41) is 0. The Morgan fingerprint density at radius 1 is 1.11 bits per heavy atom. The van der Waals surface area contributed by atoms with Crippen LogP contribution in [0.1, 0.15) is 0 Å². The van der Waals surface area contributed by atoms with Crippen molar-refractivity contribution >= 4 is 10.5 Å². The van der Waals surface area contributed by atoms with E-state index in [4.69, 9.17) is 13.9 Å². The molecular formula is C5H14O3Si. The van der Waals surface area contributed by atoms with Crippen molar-refractivity contribution in [2.45, 2.75) is 0 Å². The summed E-state index contributed by atoms with van der Waals surface area (Å²) in [4.78, 5) is 0. The lowest BCUT2D eigenvalue weighted by Crippen LogP contribution is -2.06. The SMILES string of the molecule is COCCOCCO[SiH3]. The lowest BCUT2D eigenvalue weighted by Gasteiger charge is -2.01. The summed E-state index contributed by atoms with van der Waals surface area (Å²) >= 11 is 0. The summed E-state index contributed by atoms with van der Waals surface area (Å²) in [5.74, 6) is 0. The molecule has 0 fully saturated rings. The maximum Gasteiger partial charge on any atom is 0.146 e. The molecule has 0 aromatic rings.